The zero-order chi connectivity index (χ0) is 20.7. The molecule has 0 amide bonds. The molecule has 3 aromatic rings. The highest BCUT2D eigenvalue weighted by molar-refractivity contribution is 9.10. The van der Waals surface area contributed by atoms with Gasteiger partial charge in [0.2, 0.25) is 5.95 Å². The fraction of sp³-hybridized carbons (Fsp3) is 0.450. The summed E-state index contributed by atoms with van der Waals surface area (Å²) >= 11 is 3.47. The van der Waals surface area contributed by atoms with Crippen molar-refractivity contribution in [2.45, 2.75) is 26.9 Å². The van der Waals surface area contributed by atoms with Crippen molar-refractivity contribution < 1.29 is 4.74 Å². The lowest BCUT2D eigenvalue weighted by molar-refractivity contribution is 0.137. The average Bonchev–Trinajstić information content (AvgIpc) is 3.08. The van der Waals surface area contributed by atoms with E-state index in [2.05, 4.69) is 27.8 Å². The van der Waals surface area contributed by atoms with Crippen LogP contribution in [0, 0.1) is 5.92 Å². The average molecular weight is 462 g/mol. The zero-order valence-electron chi connectivity index (χ0n) is 16.8. The number of benzene rings is 1. The lowest BCUT2D eigenvalue weighted by Crippen LogP contribution is -2.41. The summed E-state index contributed by atoms with van der Waals surface area (Å²) in [6.45, 7) is 6.58. The van der Waals surface area contributed by atoms with Gasteiger partial charge >= 0.3 is 5.69 Å². The highest BCUT2D eigenvalue weighted by Gasteiger charge is 2.29. The first-order valence-corrected chi connectivity index (χ1v) is 10.5. The van der Waals surface area contributed by atoms with Gasteiger partial charge in [0.05, 0.1) is 13.2 Å². The number of rotatable bonds is 5. The molecule has 0 spiro atoms. The van der Waals surface area contributed by atoms with E-state index in [9.17, 15) is 9.59 Å². The first-order chi connectivity index (χ1) is 13.9. The van der Waals surface area contributed by atoms with Crippen LogP contribution in [0.1, 0.15) is 13.8 Å². The Hall–Kier alpha value is -2.39. The number of ether oxygens (including phenoxy) is 1. The Bertz CT molecular complexity index is 1160. The number of aryl methyl sites for hydroxylation is 1. The van der Waals surface area contributed by atoms with Crippen LogP contribution >= 0.6 is 15.9 Å². The molecule has 0 saturated heterocycles. The van der Waals surface area contributed by atoms with Gasteiger partial charge in [-0.2, -0.15) is 4.98 Å². The van der Waals surface area contributed by atoms with Gasteiger partial charge in [0, 0.05) is 36.9 Å². The van der Waals surface area contributed by atoms with Crippen LogP contribution < -0.4 is 16.1 Å². The Morgan fingerprint density at radius 2 is 1.93 bits per heavy atom. The lowest BCUT2D eigenvalue weighted by Gasteiger charge is -2.33. The Morgan fingerprint density at radius 3 is 2.62 bits per heavy atom. The maximum Gasteiger partial charge on any atom is 0.332 e. The topological polar surface area (TPSA) is 74.3 Å². The smallest absolute Gasteiger partial charge is 0.332 e. The summed E-state index contributed by atoms with van der Waals surface area (Å²) in [5.74, 6) is 1.01. The van der Waals surface area contributed by atoms with Crippen molar-refractivity contribution in [1.82, 2.24) is 18.7 Å². The molecule has 0 aliphatic carbocycles. The van der Waals surface area contributed by atoms with E-state index in [1.165, 1.54) is 9.13 Å². The Morgan fingerprint density at radius 1 is 1.21 bits per heavy atom. The van der Waals surface area contributed by atoms with Crippen molar-refractivity contribution in [1.29, 1.82) is 0 Å². The summed E-state index contributed by atoms with van der Waals surface area (Å²) in [6.07, 6.45) is 0. The van der Waals surface area contributed by atoms with Crippen LogP contribution in [0.3, 0.4) is 0 Å². The molecule has 0 bridgehead atoms. The van der Waals surface area contributed by atoms with Gasteiger partial charge in [0.1, 0.15) is 0 Å². The molecule has 0 N–H and O–H groups in total. The Balaban J connectivity index is 1.91. The van der Waals surface area contributed by atoms with Crippen molar-refractivity contribution in [2.24, 2.45) is 13.0 Å². The molecule has 3 heterocycles. The lowest BCUT2D eigenvalue weighted by atomic mass is 10.1. The van der Waals surface area contributed by atoms with Crippen LogP contribution in [0.5, 0.6) is 0 Å². The molecular weight excluding hydrogens is 438 g/mol. The minimum atomic E-state index is -0.374. The number of hydrogen-bond acceptors (Lipinski definition) is 5. The molecule has 0 unspecified atom stereocenters. The van der Waals surface area contributed by atoms with Crippen LogP contribution in [0.15, 0.2) is 38.3 Å². The van der Waals surface area contributed by atoms with Crippen LogP contribution in [-0.2, 0) is 24.9 Å². The molecule has 0 saturated carbocycles. The quantitative estimate of drug-likeness (QED) is 0.545. The molecular formula is C20H24BrN5O3. The van der Waals surface area contributed by atoms with Gasteiger partial charge in [-0.15, -0.1) is 0 Å². The third-order valence-corrected chi connectivity index (χ3v) is 5.77. The van der Waals surface area contributed by atoms with Crippen molar-refractivity contribution in [3.05, 3.63) is 49.6 Å². The first-order valence-electron chi connectivity index (χ1n) is 9.73. The molecule has 1 aromatic carbocycles. The van der Waals surface area contributed by atoms with E-state index in [1.54, 1.807) is 7.05 Å². The molecule has 8 nitrogen and oxygen atoms in total. The Labute approximate surface area is 176 Å². The van der Waals surface area contributed by atoms with Gasteiger partial charge < -0.3 is 14.2 Å². The normalized spacial score (nSPS) is 16.4. The van der Waals surface area contributed by atoms with E-state index in [4.69, 9.17) is 9.72 Å². The third kappa shape index (κ3) is 3.42. The number of aromatic nitrogens is 4. The van der Waals surface area contributed by atoms with Crippen LogP contribution in [0.2, 0.25) is 0 Å². The zero-order valence-corrected chi connectivity index (χ0v) is 18.3. The molecule has 9 heteroatoms. The number of fused-ring (bicyclic) bond motifs is 3. The molecule has 154 valence electrons. The summed E-state index contributed by atoms with van der Waals surface area (Å²) in [5, 5.41) is 0. The molecule has 29 heavy (non-hydrogen) atoms. The van der Waals surface area contributed by atoms with Crippen molar-refractivity contribution >= 4 is 38.7 Å². The van der Waals surface area contributed by atoms with E-state index in [0.29, 0.717) is 42.8 Å². The SMILES string of the molecule is CCOCCn1c(=O)c2c(nc3n2C[C@@H](C)CN3c2ccc(Br)cc2)n(C)c1=O. The molecule has 2 aromatic heterocycles. The minimum Gasteiger partial charge on any atom is -0.380 e. The molecule has 0 fully saturated rings. The van der Waals surface area contributed by atoms with E-state index in [-0.39, 0.29) is 17.8 Å². The molecule has 1 atom stereocenters. The van der Waals surface area contributed by atoms with Crippen LogP contribution in [0.25, 0.3) is 11.2 Å². The van der Waals surface area contributed by atoms with Gasteiger partial charge in [-0.1, -0.05) is 22.9 Å². The van der Waals surface area contributed by atoms with Crippen molar-refractivity contribution in [3.63, 3.8) is 0 Å². The third-order valence-electron chi connectivity index (χ3n) is 5.24. The van der Waals surface area contributed by atoms with E-state index < -0.39 is 0 Å². The maximum absolute atomic E-state index is 13.2. The van der Waals surface area contributed by atoms with Crippen LogP contribution in [-0.4, -0.2) is 38.4 Å². The highest BCUT2D eigenvalue weighted by atomic mass is 79.9. The molecule has 1 aliphatic rings. The van der Waals surface area contributed by atoms with Gasteiger partial charge in [-0.05, 0) is 37.1 Å². The molecule has 1 aliphatic heterocycles. The summed E-state index contributed by atoms with van der Waals surface area (Å²) in [7, 11) is 1.66. The number of imidazole rings is 1. The second-order valence-electron chi connectivity index (χ2n) is 7.38. The molecule has 4 rings (SSSR count). The summed E-state index contributed by atoms with van der Waals surface area (Å²) in [6, 6.07) is 8.01. The molecule has 0 radical (unpaired) electrons. The maximum atomic E-state index is 13.2. The fourth-order valence-electron chi connectivity index (χ4n) is 3.84. The summed E-state index contributed by atoms with van der Waals surface area (Å²) in [5.41, 5.74) is 1.19. The monoisotopic (exact) mass is 461 g/mol. The number of hydrogen-bond donors (Lipinski definition) is 0. The highest BCUT2D eigenvalue weighted by Crippen LogP contribution is 2.33. The summed E-state index contributed by atoms with van der Waals surface area (Å²) in [4.78, 5) is 32.8. The largest absolute Gasteiger partial charge is 0.380 e. The van der Waals surface area contributed by atoms with Gasteiger partial charge in [-0.3, -0.25) is 13.9 Å². The second kappa shape index (κ2) is 7.79. The number of halogens is 1. The number of nitrogens with zero attached hydrogens (tertiary/aromatic N) is 5. The van der Waals surface area contributed by atoms with E-state index in [0.717, 1.165) is 16.7 Å². The van der Waals surface area contributed by atoms with Gasteiger partial charge in [0.15, 0.2) is 11.2 Å². The van der Waals surface area contributed by atoms with Crippen LogP contribution in [0.4, 0.5) is 11.6 Å². The predicted molar refractivity (Wildman–Crippen MR) is 116 cm³/mol. The first kappa shape index (κ1) is 19.9. The second-order valence-corrected chi connectivity index (χ2v) is 8.30. The standard InChI is InChI=1S/C20H24BrN5O3/c1-4-29-10-9-24-18(27)16-17(23(3)20(24)28)22-19-25(11-13(2)12-26(16)19)15-7-5-14(21)6-8-15/h5-8,13H,4,9-12H2,1-3H3/t13-/m0/s1. The fourth-order valence-corrected chi connectivity index (χ4v) is 4.11. The Kier molecular flexibility index (Phi) is 5.35. The number of anilines is 2. The van der Waals surface area contributed by atoms with Crippen molar-refractivity contribution in [3.8, 4) is 0 Å². The summed E-state index contributed by atoms with van der Waals surface area (Å²) < 4.78 is 11.0. The predicted octanol–water partition coefficient (Wildman–Crippen LogP) is 2.48. The van der Waals surface area contributed by atoms with Gasteiger partial charge in [0.25, 0.3) is 5.56 Å². The van der Waals surface area contributed by atoms with E-state index in [1.807, 2.05) is 35.8 Å². The van der Waals surface area contributed by atoms with Gasteiger partial charge in [-0.25, -0.2) is 4.79 Å². The van der Waals surface area contributed by atoms with Crippen molar-refractivity contribution in [2.75, 3.05) is 24.7 Å². The minimum absolute atomic E-state index is 0.224. The van der Waals surface area contributed by atoms with E-state index >= 15 is 0 Å².